The Morgan fingerprint density at radius 1 is 0.880 bits per heavy atom. The van der Waals surface area contributed by atoms with Gasteiger partial charge >= 0.3 is 0 Å². The number of sulfonamides is 1. The van der Waals surface area contributed by atoms with Crippen molar-refractivity contribution in [3.8, 4) is 0 Å². The molecule has 1 fully saturated rings. The minimum absolute atomic E-state index is 0.374. The molecule has 0 N–H and O–H groups in total. The lowest BCUT2D eigenvalue weighted by Crippen LogP contribution is -2.49. The smallest absolute Gasteiger partial charge is 0.243 e. The van der Waals surface area contributed by atoms with Crippen LogP contribution in [0, 0.1) is 0 Å². The molecule has 0 atom stereocenters. The fourth-order valence-corrected chi connectivity index (χ4v) is 4.81. The van der Waals surface area contributed by atoms with Crippen LogP contribution < -0.4 is 4.90 Å². The molecule has 7 heteroatoms. The first-order valence-corrected chi connectivity index (χ1v) is 9.59. The highest BCUT2D eigenvalue weighted by atomic mass is 32.2. The van der Waals surface area contributed by atoms with Crippen LogP contribution in [-0.2, 0) is 10.0 Å². The molecule has 1 saturated heterocycles. The van der Waals surface area contributed by atoms with Crippen LogP contribution >= 0.6 is 0 Å². The standard InChI is InChI=1S/C18H18N4O2S/c23-25(24,17-7-3-5-15-4-1-2-6-16(15)17)22-12-10-21(11-13-22)18-14-19-8-9-20-18/h1-9,14H,10-13H2. The zero-order chi connectivity index (χ0) is 17.3. The fraction of sp³-hybridized carbons (Fsp3) is 0.222. The molecule has 2 aromatic carbocycles. The van der Waals surface area contributed by atoms with E-state index in [1.807, 2.05) is 30.3 Å². The lowest BCUT2D eigenvalue weighted by molar-refractivity contribution is 0.384. The van der Waals surface area contributed by atoms with Crippen molar-refractivity contribution in [2.45, 2.75) is 4.90 Å². The number of nitrogens with zero attached hydrogens (tertiary/aromatic N) is 4. The molecule has 0 bridgehead atoms. The van der Waals surface area contributed by atoms with Crippen LogP contribution in [0.3, 0.4) is 0 Å². The van der Waals surface area contributed by atoms with Crippen LogP contribution in [0.1, 0.15) is 0 Å². The summed E-state index contributed by atoms with van der Waals surface area (Å²) in [5.41, 5.74) is 0. The van der Waals surface area contributed by atoms with E-state index < -0.39 is 10.0 Å². The van der Waals surface area contributed by atoms with Crippen molar-refractivity contribution >= 4 is 26.6 Å². The van der Waals surface area contributed by atoms with Gasteiger partial charge in [0.15, 0.2) is 0 Å². The fourth-order valence-electron chi connectivity index (χ4n) is 3.17. The number of aromatic nitrogens is 2. The molecule has 1 aliphatic heterocycles. The Bertz CT molecular complexity index is 979. The van der Waals surface area contributed by atoms with Gasteiger partial charge in [0, 0.05) is 44.0 Å². The van der Waals surface area contributed by atoms with Crippen LogP contribution in [0.4, 0.5) is 5.82 Å². The first-order valence-electron chi connectivity index (χ1n) is 8.15. The Kier molecular flexibility index (Phi) is 4.10. The van der Waals surface area contributed by atoms with Gasteiger partial charge < -0.3 is 4.90 Å². The molecule has 6 nitrogen and oxygen atoms in total. The van der Waals surface area contributed by atoms with Gasteiger partial charge in [0.1, 0.15) is 5.82 Å². The summed E-state index contributed by atoms with van der Waals surface area (Å²) >= 11 is 0. The third-order valence-corrected chi connectivity index (χ3v) is 6.44. The molecular weight excluding hydrogens is 336 g/mol. The highest BCUT2D eigenvalue weighted by molar-refractivity contribution is 7.89. The Morgan fingerprint density at radius 3 is 2.40 bits per heavy atom. The molecular formula is C18H18N4O2S. The van der Waals surface area contributed by atoms with Gasteiger partial charge in [-0.25, -0.2) is 13.4 Å². The Labute approximate surface area is 146 Å². The summed E-state index contributed by atoms with van der Waals surface area (Å²) in [6.45, 7) is 2.07. The van der Waals surface area contributed by atoms with E-state index in [0.717, 1.165) is 16.6 Å². The summed E-state index contributed by atoms with van der Waals surface area (Å²) in [6, 6.07) is 13.0. The number of fused-ring (bicyclic) bond motifs is 1. The Morgan fingerprint density at radius 2 is 1.64 bits per heavy atom. The highest BCUT2D eigenvalue weighted by Gasteiger charge is 2.30. The van der Waals surface area contributed by atoms with Gasteiger partial charge in [-0.05, 0) is 11.5 Å². The van der Waals surface area contributed by atoms with Gasteiger partial charge in [-0.3, -0.25) is 4.98 Å². The first-order chi connectivity index (χ1) is 12.2. The molecule has 0 saturated carbocycles. The molecule has 0 unspecified atom stereocenters. The normalized spacial score (nSPS) is 16.2. The number of rotatable bonds is 3. The summed E-state index contributed by atoms with van der Waals surface area (Å²) in [6.07, 6.45) is 4.98. The maximum Gasteiger partial charge on any atom is 0.243 e. The third-order valence-electron chi connectivity index (χ3n) is 4.48. The predicted molar refractivity (Wildman–Crippen MR) is 97.0 cm³/mol. The van der Waals surface area contributed by atoms with Crippen LogP contribution in [0.25, 0.3) is 10.8 Å². The van der Waals surface area contributed by atoms with E-state index >= 15 is 0 Å². The second-order valence-corrected chi connectivity index (χ2v) is 7.84. The molecule has 25 heavy (non-hydrogen) atoms. The van der Waals surface area contributed by atoms with Crippen LogP contribution in [-0.4, -0.2) is 48.9 Å². The quantitative estimate of drug-likeness (QED) is 0.721. The molecule has 2 heterocycles. The third kappa shape index (κ3) is 2.96. The SMILES string of the molecule is O=S(=O)(c1cccc2ccccc12)N1CCN(c2cnccn2)CC1. The Hall–Kier alpha value is -2.51. The highest BCUT2D eigenvalue weighted by Crippen LogP contribution is 2.26. The molecule has 1 aromatic heterocycles. The van der Waals surface area contributed by atoms with Crippen molar-refractivity contribution in [1.29, 1.82) is 0 Å². The second-order valence-electron chi connectivity index (χ2n) is 5.93. The van der Waals surface area contributed by atoms with Gasteiger partial charge in [0.2, 0.25) is 10.0 Å². The number of anilines is 1. The van der Waals surface area contributed by atoms with Gasteiger partial charge in [0.25, 0.3) is 0 Å². The zero-order valence-electron chi connectivity index (χ0n) is 13.6. The zero-order valence-corrected chi connectivity index (χ0v) is 14.4. The van der Waals surface area contributed by atoms with Crippen LogP contribution in [0.5, 0.6) is 0 Å². The largest absolute Gasteiger partial charge is 0.353 e. The van der Waals surface area contributed by atoms with E-state index in [-0.39, 0.29) is 0 Å². The van der Waals surface area contributed by atoms with E-state index in [2.05, 4.69) is 14.9 Å². The summed E-state index contributed by atoms with van der Waals surface area (Å²) in [5.74, 6) is 0.782. The van der Waals surface area contributed by atoms with E-state index in [9.17, 15) is 8.42 Å². The molecule has 4 rings (SSSR count). The molecule has 0 amide bonds. The topological polar surface area (TPSA) is 66.4 Å². The van der Waals surface area contributed by atoms with Crippen molar-refractivity contribution < 1.29 is 8.42 Å². The first kappa shape index (κ1) is 16.0. The van der Waals surface area contributed by atoms with Crippen molar-refractivity contribution in [1.82, 2.24) is 14.3 Å². The molecule has 0 spiro atoms. The summed E-state index contributed by atoms with van der Waals surface area (Å²) in [7, 11) is -3.52. The van der Waals surface area contributed by atoms with E-state index in [1.165, 1.54) is 0 Å². The molecule has 0 radical (unpaired) electrons. The summed E-state index contributed by atoms with van der Waals surface area (Å²) in [5, 5.41) is 1.70. The molecule has 1 aliphatic rings. The van der Waals surface area contributed by atoms with Gasteiger partial charge in [-0.2, -0.15) is 4.31 Å². The predicted octanol–water partition coefficient (Wildman–Crippen LogP) is 2.14. The number of hydrogen-bond donors (Lipinski definition) is 0. The van der Waals surface area contributed by atoms with Crippen molar-refractivity contribution in [2.75, 3.05) is 31.1 Å². The van der Waals surface area contributed by atoms with Crippen molar-refractivity contribution in [3.05, 3.63) is 61.1 Å². The maximum atomic E-state index is 13.1. The van der Waals surface area contributed by atoms with Gasteiger partial charge in [0.05, 0.1) is 11.1 Å². The minimum atomic E-state index is -3.52. The number of piperazine rings is 1. The van der Waals surface area contributed by atoms with Crippen LogP contribution in [0.2, 0.25) is 0 Å². The van der Waals surface area contributed by atoms with E-state index in [4.69, 9.17) is 0 Å². The number of benzene rings is 2. The van der Waals surface area contributed by atoms with E-state index in [1.54, 1.807) is 35.0 Å². The minimum Gasteiger partial charge on any atom is -0.353 e. The average molecular weight is 354 g/mol. The molecule has 0 aliphatic carbocycles. The maximum absolute atomic E-state index is 13.1. The molecule has 128 valence electrons. The monoisotopic (exact) mass is 354 g/mol. The average Bonchev–Trinajstić information content (AvgIpc) is 2.68. The van der Waals surface area contributed by atoms with Crippen molar-refractivity contribution in [2.24, 2.45) is 0 Å². The van der Waals surface area contributed by atoms with Gasteiger partial charge in [-0.15, -0.1) is 0 Å². The summed E-state index contributed by atoms with van der Waals surface area (Å²) in [4.78, 5) is 10.8. The molecule has 3 aromatic rings. The summed E-state index contributed by atoms with van der Waals surface area (Å²) < 4.78 is 27.8. The van der Waals surface area contributed by atoms with Crippen LogP contribution in [0.15, 0.2) is 66.0 Å². The van der Waals surface area contributed by atoms with E-state index in [0.29, 0.717) is 31.1 Å². The second kappa shape index (κ2) is 6.42. The van der Waals surface area contributed by atoms with Gasteiger partial charge in [-0.1, -0.05) is 36.4 Å². The number of hydrogen-bond acceptors (Lipinski definition) is 5. The lowest BCUT2D eigenvalue weighted by atomic mass is 10.1. The van der Waals surface area contributed by atoms with Crippen molar-refractivity contribution in [3.63, 3.8) is 0 Å². The lowest BCUT2D eigenvalue weighted by Gasteiger charge is -2.34. The Balaban J connectivity index is 1.60.